The molecule has 1 heterocycles. The first-order chi connectivity index (χ1) is 12.2. The largest absolute Gasteiger partial charge is 0.351 e. The van der Waals surface area contributed by atoms with Crippen LogP contribution >= 0.6 is 0 Å². The van der Waals surface area contributed by atoms with Crippen LogP contribution in [-0.2, 0) is 0 Å². The minimum atomic E-state index is 0.149. The van der Waals surface area contributed by atoms with Gasteiger partial charge in [0, 0.05) is 12.7 Å². The van der Waals surface area contributed by atoms with E-state index in [1.165, 1.54) is 11.1 Å². The Morgan fingerprint density at radius 2 is 1.60 bits per heavy atom. The van der Waals surface area contributed by atoms with Gasteiger partial charge in [0.1, 0.15) is 12.2 Å². The maximum Gasteiger partial charge on any atom is 0.103 e. The van der Waals surface area contributed by atoms with Gasteiger partial charge in [-0.25, -0.2) is 0 Å². The zero-order chi connectivity index (χ0) is 17.4. The van der Waals surface area contributed by atoms with Gasteiger partial charge in [-0.2, -0.15) is 5.26 Å². The highest BCUT2D eigenvalue weighted by atomic mass is 15.4. The molecule has 25 heavy (non-hydrogen) atoms. The fourth-order valence-electron chi connectivity index (χ4n) is 3.57. The van der Waals surface area contributed by atoms with Crippen LogP contribution in [0.1, 0.15) is 12.5 Å². The van der Waals surface area contributed by atoms with Crippen LogP contribution in [0.3, 0.4) is 0 Å². The zero-order valence-electron chi connectivity index (χ0n) is 14.3. The van der Waals surface area contributed by atoms with Crippen LogP contribution in [-0.4, -0.2) is 13.2 Å². The molecule has 4 rings (SSSR count). The molecule has 3 aromatic carbocycles. The highest BCUT2D eigenvalue weighted by Gasteiger charge is 2.33. The first-order valence-electron chi connectivity index (χ1n) is 8.41. The normalized spacial score (nSPS) is 15.8. The van der Waals surface area contributed by atoms with Gasteiger partial charge in [0.05, 0.1) is 16.9 Å². The lowest BCUT2D eigenvalue weighted by atomic mass is 10.0. The van der Waals surface area contributed by atoms with Gasteiger partial charge in [-0.15, -0.1) is 0 Å². The number of para-hydroxylation sites is 1. The van der Waals surface area contributed by atoms with Crippen molar-refractivity contribution in [3.63, 3.8) is 0 Å². The lowest BCUT2D eigenvalue weighted by molar-refractivity contribution is 0.734. The number of anilines is 3. The summed E-state index contributed by atoms with van der Waals surface area (Å²) < 4.78 is 0. The van der Waals surface area contributed by atoms with Crippen LogP contribution in [0, 0.1) is 11.3 Å². The zero-order valence-corrected chi connectivity index (χ0v) is 14.3. The third-order valence-electron chi connectivity index (χ3n) is 4.91. The van der Waals surface area contributed by atoms with Crippen molar-refractivity contribution < 1.29 is 0 Å². The van der Waals surface area contributed by atoms with E-state index in [1.807, 2.05) is 25.2 Å². The summed E-state index contributed by atoms with van der Waals surface area (Å²) in [5.41, 5.74) is 6.33. The van der Waals surface area contributed by atoms with E-state index in [0.29, 0.717) is 5.56 Å². The van der Waals surface area contributed by atoms with E-state index in [2.05, 4.69) is 77.4 Å². The Kier molecular flexibility index (Phi) is 3.66. The van der Waals surface area contributed by atoms with Crippen LogP contribution in [0.4, 0.5) is 17.1 Å². The number of nitriles is 1. The number of rotatable bonds is 2. The molecule has 0 bridgehead atoms. The molecule has 0 aliphatic carbocycles. The molecular weight excluding hydrogens is 306 g/mol. The molecule has 0 fully saturated rings. The lowest BCUT2D eigenvalue weighted by Crippen LogP contribution is -2.35. The summed E-state index contributed by atoms with van der Waals surface area (Å²) in [6.45, 7) is 2.16. The molecule has 0 unspecified atom stereocenters. The smallest absolute Gasteiger partial charge is 0.103 e. The van der Waals surface area contributed by atoms with Crippen molar-refractivity contribution in [2.24, 2.45) is 0 Å². The second-order valence-electron chi connectivity index (χ2n) is 6.31. The summed E-state index contributed by atoms with van der Waals surface area (Å²) in [6, 6.07) is 27.2. The van der Waals surface area contributed by atoms with E-state index < -0.39 is 0 Å². The molecule has 3 heteroatoms. The summed E-state index contributed by atoms with van der Waals surface area (Å²) in [4.78, 5) is 4.46. The maximum atomic E-state index is 9.46. The molecule has 0 spiro atoms. The van der Waals surface area contributed by atoms with E-state index >= 15 is 0 Å². The molecule has 0 saturated heterocycles. The monoisotopic (exact) mass is 325 g/mol. The SMILES string of the molecule is C[C@H]1N(C)c2c(C#N)cccc2N1c1cccc(-c2ccccc2)c1. The van der Waals surface area contributed by atoms with Gasteiger partial charge in [0.15, 0.2) is 0 Å². The first kappa shape index (κ1) is 15.3. The van der Waals surface area contributed by atoms with E-state index in [-0.39, 0.29) is 6.17 Å². The molecule has 3 aromatic rings. The van der Waals surface area contributed by atoms with Crippen LogP contribution < -0.4 is 9.80 Å². The second kappa shape index (κ2) is 5.99. The van der Waals surface area contributed by atoms with E-state index in [0.717, 1.165) is 17.1 Å². The van der Waals surface area contributed by atoms with E-state index in [4.69, 9.17) is 0 Å². The molecule has 3 nitrogen and oxygen atoms in total. The van der Waals surface area contributed by atoms with Crippen molar-refractivity contribution in [3.8, 4) is 17.2 Å². The molecule has 0 aromatic heterocycles. The maximum absolute atomic E-state index is 9.46. The third-order valence-corrected chi connectivity index (χ3v) is 4.91. The summed E-state index contributed by atoms with van der Waals surface area (Å²) in [6.07, 6.45) is 0.149. The Labute approximate surface area is 148 Å². The van der Waals surface area contributed by atoms with Crippen molar-refractivity contribution >= 4 is 17.1 Å². The lowest BCUT2D eigenvalue weighted by Gasteiger charge is -2.28. The average molecular weight is 325 g/mol. The van der Waals surface area contributed by atoms with Crippen LogP contribution in [0.15, 0.2) is 72.8 Å². The fourth-order valence-corrected chi connectivity index (χ4v) is 3.57. The fraction of sp³-hybridized carbons (Fsp3) is 0.136. The van der Waals surface area contributed by atoms with Gasteiger partial charge < -0.3 is 9.80 Å². The van der Waals surface area contributed by atoms with Gasteiger partial charge in [0.2, 0.25) is 0 Å². The van der Waals surface area contributed by atoms with Gasteiger partial charge >= 0.3 is 0 Å². The minimum Gasteiger partial charge on any atom is -0.351 e. The summed E-state index contributed by atoms with van der Waals surface area (Å²) in [5, 5.41) is 9.46. The Hall–Kier alpha value is -3.25. The molecule has 0 amide bonds. The Balaban J connectivity index is 1.83. The molecule has 1 aliphatic heterocycles. The predicted molar refractivity (Wildman–Crippen MR) is 103 cm³/mol. The summed E-state index contributed by atoms with van der Waals surface area (Å²) >= 11 is 0. The summed E-state index contributed by atoms with van der Waals surface area (Å²) in [5.74, 6) is 0. The van der Waals surface area contributed by atoms with Crippen molar-refractivity contribution in [2.45, 2.75) is 13.1 Å². The standard InChI is InChI=1S/C22H19N3/c1-16-24(2)22-19(15-23)11-7-13-21(22)25(16)20-12-6-10-18(14-20)17-8-4-3-5-9-17/h3-14,16H,1-2H3/t16-/m0/s1. The molecule has 122 valence electrons. The first-order valence-corrected chi connectivity index (χ1v) is 8.41. The topological polar surface area (TPSA) is 30.3 Å². The Bertz CT molecular complexity index is 957. The Morgan fingerprint density at radius 1 is 0.880 bits per heavy atom. The van der Waals surface area contributed by atoms with Crippen LogP contribution in [0.2, 0.25) is 0 Å². The van der Waals surface area contributed by atoms with Gasteiger partial charge in [-0.3, -0.25) is 0 Å². The third kappa shape index (κ3) is 2.43. The highest BCUT2D eigenvalue weighted by Crippen LogP contribution is 2.45. The number of hydrogen-bond acceptors (Lipinski definition) is 3. The Morgan fingerprint density at radius 3 is 2.36 bits per heavy atom. The molecule has 0 N–H and O–H groups in total. The van der Waals surface area contributed by atoms with Gasteiger partial charge in [0.25, 0.3) is 0 Å². The van der Waals surface area contributed by atoms with Crippen molar-refractivity contribution in [1.29, 1.82) is 5.26 Å². The number of fused-ring (bicyclic) bond motifs is 1. The number of hydrogen-bond donors (Lipinski definition) is 0. The number of nitrogens with zero attached hydrogens (tertiary/aromatic N) is 3. The average Bonchev–Trinajstić information content (AvgIpc) is 2.93. The van der Waals surface area contributed by atoms with Gasteiger partial charge in [-0.1, -0.05) is 48.5 Å². The van der Waals surface area contributed by atoms with Crippen molar-refractivity contribution in [3.05, 3.63) is 78.4 Å². The van der Waals surface area contributed by atoms with Gasteiger partial charge in [-0.05, 0) is 42.3 Å². The quantitative estimate of drug-likeness (QED) is 0.652. The predicted octanol–water partition coefficient (Wildman–Crippen LogP) is 5.16. The van der Waals surface area contributed by atoms with Crippen molar-refractivity contribution in [1.82, 2.24) is 0 Å². The van der Waals surface area contributed by atoms with E-state index in [9.17, 15) is 5.26 Å². The highest BCUT2D eigenvalue weighted by molar-refractivity contribution is 5.88. The second-order valence-corrected chi connectivity index (χ2v) is 6.31. The molecule has 0 saturated carbocycles. The summed E-state index contributed by atoms with van der Waals surface area (Å²) in [7, 11) is 2.05. The minimum absolute atomic E-state index is 0.149. The van der Waals surface area contributed by atoms with Crippen LogP contribution in [0.5, 0.6) is 0 Å². The van der Waals surface area contributed by atoms with E-state index in [1.54, 1.807) is 0 Å². The van der Waals surface area contributed by atoms with Crippen LogP contribution in [0.25, 0.3) is 11.1 Å². The van der Waals surface area contributed by atoms with Crippen molar-refractivity contribution in [2.75, 3.05) is 16.8 Å². The number of benzene rings is 3. The molecular formula is C22H19N3. The molecule has 1 aliphatic rings. The molecule has 1 atom stereocenters. The molecule has 0 radical (unpaired) electrons.